The van der Waals surface area contributed by atoms with Gasteiger partial charge in [0.25, 0.3) is 0 Å². The molecule has 0 heterocycles. The van der Waals surface area contributed by atoms with E-state index in [0.29, 0.717) is 6.42 Å². The van der Waals surface area contributed by atoms with E-state index in [2.05, 4.69) is 9.78 Å². The van der Waals surface area contributed by atoms with Gasteiger partial charge in [-0.1, -0.05) is 6.92 Å². The van der Waals surface area contributed by atoms with Crippen LogP contribution in [0.15, 0.2) is 0 Å². The molecule has 0 aliphatic rings. The van der Waals surface area contributed by atoms with E-state index in [1.165, 1.54) is 0 Å². The number of Topliss-reactive ketones (excluding diaryl/α,β-unsaturated/α-hetero) is 1. The van der Waals surface area contributed by atoms with Crippen molar-refractivity contribution >= 4 is 17.7 Å². The fourth-order valence-electron chi connectivity index (χ4n) is 0.565. The molecule has 0 saturated heterocycles. The summed E-state index contributed by atoms with van der Waals surface area (Å²) in [5.41, 5.74) is 0. The van der Waals surface area contributed by atoms with E-state index in [4.69, 9.17) is 0 Å². The van der Waals surface area contributed by atoms with Gasteiger partial charge in [-0.2, -0.15) is 0 Å². The predicted octanol–water partition coefficient (Wildman–Crippen LogP) is 0.767. The van der Waals surface area contributed by atoms with Gasteiger partial charge in [0, 0.05) is 19.8 Å². The van der Waals surface area contributed by atoms with Crippen LogP contribution >= 0.6 is 0 Å². The Balaban J connectivity index is 3.52. The van der Waals surface area contributed by atoms with Crippen LogP contribution in [0.25, 0.3) is 0 Å². The van der Waals surface area contributed by atoms with Gasteiger partial charge in [-0.05, 0) is 0 Å². The highest BCUT2D eigenvalue weighted by Crippen LogP contribution is 1.97. The molecule has 5 heteroatoms. The molecular weight excluding hydrogens is 176 g/mol. The van der Waals surface area contributed by atoms with E-state index in [1.54, 1.807) is 6.92 Å². The minimum atomic E-state index is -0.711. The maximum atomic E-state index is 10.7. The molecule has 0 rings (SSSR count). The van der Waals surface area contributed by atoms with Crippen LogP contribution < -0.4 is 0 Å². The van der Waals surface area contributed by atoms with E-state index in [9.17, 15) is 14.4 Å². The third-order valence-electron chi connectivity index (χ3n) is 1.25. The molecule has 74 valence electrons. The molecule has 0 aliphatic heterocycles. The van der Waals surface area contributed by atoms with Crippen LogP contribution in [0.4, 0.5) is 0 Å². The van der Waals surface area contributed by atoms with Crippen LogP contribution in [0.5, 0.6) is 0 Å². The number of hydrogen-bond donors (Lipinski definition) is 0. The lowest BCUT2D eigenvalue weighted by molar-refractivity contribution is -0.257. The van der Waals surface area contributed by atoms with Crippen LogP contribution in [-0.4, -0.2) is 17.7 Å². The molecule has 0 aromatic carbocycles. The SMILES string of the molecule is CCC(=O)CCC(=O)OOC(C)=O. The third-order valence-corrected chi connectivity index (χ3v) is 1.25. The standard InChI is InChI=1S/C8H12O5/c1-3-7(10)4-5-8(11)13-12-6(2)9/h3-5H2,1-2H3. The maximum Gasteiger partial charge on any atom is 0.356 e. The van der Waals surface area contributed by atoms with Crippen molar-refractivity contribution in [3.8, 4) is 0 Å². The molecule has 0 N–H and O–H groups in total. The molecule has 0 aliphatic carbocycles. The highest BCUT2D eigenvalue weighted by atomic mass is 17.2. The Morgan fingerprint density at radius 1 is 1.08 bits per heavy atom. The Morgan fingerprint density at radius 3 is 2.15 bits per heavy atom. The zero-order valence-corrected chi connectivity index (χ0v) is 7.66. The Morgan fingerprint density at radius 2 is 1.69 bits per heavy atom. The fraction of sp³-hybridized carbons (Fsp3) is 0.625. The van der Waals surface area contributed by atoms with Crippen molar-refractivity contribution in [3.05, 3.63) is 0 Å². The smallest absolute Gasteiger partial charge is 0.300 e. The predicted molar refractivity (Wildman–Crippen MR) is 42.4 cm³/mol. The molecule has 0 fully saturated rings. The topological polar surface area (TPSA) is 69.7 Å². The monoisotopic (exact) mass is 188 g/mol. The first-order valence-corrected chi connectivity index (χ1v) is 3.96. The minimum absolute atomic E-state index is 0.0280. The average Bonchev–Trinajstić information content (AvgIpc) is 2.10. The van der Waals surface area contributed by atoms with E-state index >= 15 is 0 Å². The quantitative estimate of drug-likeness (QED) is 0.481. The summed E-state index contributed by atoms with van der Waals surface area (Å²) in [6, 6.07) is 0. The Bertz CT molecular complexity index is 209. The van der Waals surface area contributed by atoms with Gasteiger partial charge in [0.15, 0.2) is 0 Å². The third kappa shape index (κ3) is 6.99. The highest BCUT2D eigenvalue weighted by Gasteiger charge is 2.08. The summed E-state index contributed by atoms with van der Waals surface area (Å²) < 4.78 is 0. The van der Waals surface area contributed by atoms with Crippen molar-refractivity contribution in [1.29, 1.82) is 0 Å². The van der Waals surface area contributed by atoms with Crippen LogP contribution in [0.1, 0.15) is 33.1 Å². The van der Waals surface area contributed by atoms with E-state index in [0.717, 1.165) is 6.92 Å². The number of hydrogen-bond acceptors (Lipinski definition) is 5. The number of carbonyl (C=O) groups excluding carboxylic acids is 3. The van der Waals surface area contributed by atoms with E-state index < -0.39 is 11.9 Å². The van der Waals surface area contributed by atoms with Crippen LogP contribution in [-0.2, 0) is 24.2 Å². The molecule has 0 atom stereocenters. The lowest BCUT2D eigenvalue weighted by Crippen LogP contribution is -2.10. The van der Waals surface area contributed by atoms with Gasteiger partial charge in [-0.15, -0.1) is 0 Å². The number of rotatable bonds is 4. The lowest BCUT2D eigenvalue weighted by Gasteiger charge is -1.99. The van der Waals surface area contributed by atoms with E-state index in [1.807, 2.05) is 0 Å². The van der Waals surface area contributed by atoms with Crippen LogP contribution in [0, 0.1) is 0 Å². The van der Waals surface area contributed by atoms with Crippen molar-refractivity contribution in [2.45, 2.75) is 33.1 Å². The summed E-state index contributed by atoms with van der Waals surface area (Å²) in [7, 11) is 0. The van der Waals surface area contributed by atoms with Crippen molar-refractivity contribution < 1.29 is 24.2 Å². The molecule has 0 saturated carbocycles. The second-order valence-corrected chi connectivity index (χ2v) is 2.42. The Kier molecular flexibility index (Phi) is 5.50. The first-order chi connectivity index (χ1) is 6.06. The molecular formula is C8H12O5. The van der Waals surface area contributed by atoms with Gasteiger partial charge in [0.1, 0.15) is 5.78 Å². The molecule has 0 aromatic rings. The molecule has 0 unspecified atom stereocenters. The van der Waals surface area contributed by atoms with Crippen molar-refractivity contribution in [3.63, 3.8) is 0 Å². The molecule has 0 spiro atoms. The summed E-state index contributed by atoms with van der Waals surface area (Å²) in [5, 5.41) is 0. The summed E-state index contributed by atoms with van der Waals surface area (Å²) in [4.78, 5) is 39.7. The second-order valence-electron chi connectivity index (χ2n) is 2.42. The van der Waals surface area contributed by atoms with Crippen LogP contribution in [0.3, 0.4) is 0 Å². The normalized spacial score (nSPS) is 9.08. The highest BCUT2D eigenvalue weighted by molar-refractivity contribution is 5.82. The summed E-state index contributed by atoms with van der Waals surface area (Å²) in [6.07, 6.45) is 0.456. The van der Waals surface area contributed by atoms with Gasteiger partial charge >= 0.3 is 11.9 Å². The summed E-state index contributed by atoms with van der Waals surface area (Å²) in [6.45, 7) is 2.82. The molecule has 0 aromatic heterocycles. The Labute approximate surface area is 75.9 Å². The van der Waals surface area contributed by atoms with Crippen molar-refractivity contribution in [2.75, 3.05) is 0 Å². The largest absolute Gasteiger partial charge is 0.356 e. The molecule has 13 heavy (non-hydrogen) atoms. The van der Waals surface area contributed by atoms with Gasteiger partial charge in [-0.25, -0.2) is 19.4 Å². The molecule has 0 amide bonds. The van der Waals surface area contributed by atoms with Crippen molar-refractivity contribution in [2.24, 2.45) is 0 Å². The number of ketones is 1. The minimum Gasteiger partial charge on any atom is -0.300 e. The number of carbonyl (C=O) groups is 3. The zero-order chi connectivity index (χ0) is 10.3. The maximum absolute atomic E-state index is 10.7. The van der Waals surface area contributed by atoms with Gasteiger partial charge in [0.2, 0.25) is 0 Å². The summed E-state index contributed by atoms with van der Waals surface area (Å²) >= 11 is 0. The molecule has 0 radical (unpaired) electrons. The lowest BCUT2D eigenvalue weighted by atomic mass is 10.2. The second kappa shape index (κ2) is 6.16. The Hall–Kier alpha value is -1.39. The fourth-order valence-corrected chi connectivity index (χ4v) is 0.565. The first-order valence-electron chi connectivity index (χ1n) is 3.96. The average molecular weight is 188 g/mol. The zero-order valence-electron chi connectivity index (χ0n) is 7.66. The first kappa shape index (κ1) is 11.6. The molecule has 0 bridgehead atoms. The van der Waals surface area contributed by atoms with Crippen molar-refractivity contribution in [1.82, 2.24) is 0 Å². The summed E-state index contributed by atoms with van der Waals surface area (Å²) in [5.74, 6) is -1.44. The molecule has 5 nitrogen and oxygen atoms in total. The van der Waals surface area contributed by atoms with Crippen LogP contribution in [0.2, 0.25) is 0 Å². The van der Waals surface area contributed by atoms with E-state index in [-0.39, 0.29) is 18.6 Å². The van der Waals surface area contributed by atoms with Gasteiger partial charge in [-0.3, -0.25) is 4.79 Å². The van der Waals surface area contributed by atoms with Gasteiger partial charge < -0.3 is 0 Å². The van der Waals surface area contributed by atoms with Gasteiger partial charge in [0.05, 0.1) is 6.42 Å².